The summed E-state index contributed by atoms with van der Waals surface area (Å²) in [5.41, 5.74) is 6.57. The molecule has 0 aliphatic rings. The summed E-state index contributed by atoms with van der Waals surface area (Å²) in [4.78, 5) is 10.6. The second-order valence-electron chi connectivity index (χ2n) is 3.31. The average Bonchev–Trinajstić information content (AvgIpc) is 2.22. The number of anilines is 1. The van der Waals surface area contributed by atoms with Crippen LogP contribution in [-0.2, 0) is 4.79 Å². The number of thioether (sulfide) groups is 1. The highest BCUT2D eigenvalue weighted by molar-refractivity contribution is 8.13. The van der Waals surface area contributed by atoms with Gasteiger partial charge in [-0.05, 0) is 24.6 Å². The molecule has 0 fully saturated rings. The minimum atomic E-state index is -0.287. The van der Waals surface area contributed by atoms with E-state index in [9.17, 15) is 9.18 Å². The first kappa shape index (κ1) is 12.8. The largest absolute Gasteiger partial charge is 0.399 e. The van der Waals surface area contributed by atoms with Crippen molar-refractivity contribution >= 4 is 28.6 Å². The summed E-state index contributed by atoms with van der Waals surface area (Å²) in [6, 6.07) is 4.46. The topological polar surface area (TPSA) is 43.1 Å². The van der Waals surface area contributed by atoms with Crippen molar-refractivity contribution in [3.63, 3.8) is 0 Å². The molecule has 0 aromatic heterocycles. The van der Waals surface area contributed by atoms with Crippen LogP contribution in [-0.4, -0.2) is 10.9 Å². The highest BCUT2D eigenvalue weighted by atomic mass is 32.2. The molecule has 0 saturated carbocycles. The van der Waals surface area contributed by atoms with Crippen LogP contribution in [0.4, 0.5) is 10.1 Å². The molecule has 4 heteroatoms. The van der Waals surface area contributed by atoms with E-state index in [1.807, 2.05) is 6.08 Å². The predicted molar refractivity (Wildman–Crippen MR) is 67.6 cm³/mol. The monoisotopic (exact) mass is 239 g/mol. The van der Waals surface area contributed by atoms with Gasteiger partial charge in [-0.1, -0.05) is 23.9 Å². The van der Waals surface area contributed by atoms with Crippen LogP contribution in [0.25, 0.3) is 6.08 Å². The molecule has 0 amide bonds. The fraction of sp³-hybridized carbons (Fsp3) is 0.250. The SMILES string of the molecule is CC(=O)SCCC=Cc1cc(N)ccc1F. The molecule has 0 spiro atoms. The van der Waals surface area contributed by atoms with Crippen molar-refractivity contribution < 1.29 is 9.18 Å². The van der Waals surface area contributed by atoms with Crippen LogP contribution in [0.2, 0.25) is 0 Å². The Hall–Kier alpha value is -1.29. The van der Waals surface area contributed by atoms with E-state index >= 15 is 0 Å². The van der Waals surface area contributed by atoms with Crippen LogP contribution < -0.4 is 5.73 Å². The van der Waals surface area contributed by atoms with Crippen molar-refractivity contribution in [1.29, 1.82) is 0 Å². The summed E-state index contributed by atoms with van der Waals surface area (Å²) in [5, 5.41) is 0.100. The van der Waals surface area contributed by atoms with Gasteiger partial charge in [-0.2, -0.15) is 0 Å². The van der Waals surface area contributed by atoms with Crippen molar-refractivity contribution in [3.8, 4) is 0 Å². The molecule has 0 heterocycles. The smallest absolute Gasteiger partial charge is 0.185 e. The van der Waals surface area contributed by atoms with Crippen molar-refractivity contribution in [2.45, 2.75) is 13.3 Å². The zero-order chi connectivity index (χ0) is 12.0. The Morgan fingerprint density at radius 3 is 3.00 bits per heavy atom. The van der Waals surface area contributed by atoms with Crippen LogP contribution >= 0.6 is 11.8 Å². The number of nitrogen functional groups attached to an aromatic ring is 1. The van der Waals surface area contributed by atoms with Gasteiger partial charge in [0.05, 0.1) is 0 Å². The lowest BCUT2D eigenvalue weighted by Crippen LogP contribution is -1.88. The number of nitrogens with two attached hydrogens (primary N) is 1. The maximum atomic E-state index is 13.2. The first-order valence-electron chi connectivity index (χ1n) is 4.94. The Bertz CT molecular complexity index is 404. The lowest BCUT2D eigenvalue weighted by Gasteiger charge is -1.98. The third kappa shape index (κ3) is 4.49. The third-order valence-corrected chi connectivity index (χ3v) is 2.75. The molecule has 0 saturated heterocycles. The van der Waals surface area contributed by atoms with Crippen molar-refractivity contribution in [2.75, 3.05) is 11.5 Å². The molecular formula is C12H14FNOS. The van der Waals surface area contributed by atoms with Crippen molar-refractivity contribution in [3.05, 3.63) is 35.7 Å². The van der Waals surface area contributed by atoms with Gasteiger partial charge < -0.3 is 5.73 Å². The second-order valence-corrected chi connectivity index (χ2v) is 4.58. The first-order valence-corrected chi connectivity index (χ1v) is 5.93. The lowest BCUT2D eigenvalue weighted by atomic mass is 10.1. The Morgan fingerprint density at radius 1 is 1.56 bits per heavy atom. The molecule has 1 aromatic carbocycles. The van der Waals surface area contributed by atoms with Gasteiger partial charge in [-0.3, -0.25) is 4.79 Å². The lowest BCUT2D eigenvalue weighted by molar-refractivity contribution is -0.109. The number of hydrogen-bond donors (Lipinski definition) is 1. The van der Waals surface area contributed by atoms with Gasteiger partial charge >= 0.3 is 0 Å². The zero-order valence-electron chi connectivity index (χ0n) is 9.07. The van der Waals surface area contributed by atoms with Gasteiger partial charge in [0.2, 0.25) is 0 Å². The minimum absolute atomic E-state index is 0.100. The van der Waals surface area contributed by atoms with Crippen LogP contribution in [0.3, 0.4) is 0 Å². The average molecular weight is 239 g/mol. The van der Waals surface area contributed by atoms with E-state index in [4.69, 9.17) is 5.73 Å². The molecular weight excluding hydrogens is 225 g/mol. The predicted octanol–water partition coefficient (Wildman–Crippen LogP) is 3.09. The molecule has 0 aliphatic heterocycles. The molecule has 0 unspecified atom stereocenters. The van der Waals surface area contributed by atoms with Gasteiger partial charge in [0.25, 0.3) is 0 Å². The molecule has 86 valence electrons. The Morgan fingerprint density at radius 2 is 2.31 bits per heavy atom. The number of hydrogen-bond acceptors (Lipinski definition) is 3. The van der Waals surface area contributed by atoms with Crippen LogP contribution in [0, 0.1) is 5.82 Å². The summed E-state index contributed by atoms with van der Waals surface area (Å²) in [6.45, 7) is 1.53. The summed E-state index contributed by atoms with van der Waals surface area (Å²) < 4.78 is 13.2. The van der Waals surface area contributed by atoms with Gasteiger partial charge in [0, 0.05) is 23.9 Å². The van der Waals surface area contributed by atoms with Crippen molar-refractivity contribution in [1.82, 2.24) is 0 Å². The molecule has 0 bridgehead atoms. The van der Waals surface area contributed by atoms with E-state index in [-0.39, 0.29) is 10.9 Å². The van der Waals surface area contributed by atoms with E-state index in [0.29, 0.717) is 11.3 Å². The molecule has 0 radical (unpaired) electrons. The van der Waals surface area contributed by atoms with Crippen LogP contribution in [0.5, 0.6) is 0 Å². The molecule has 16 heavy (non-hydrogen) atoms. The molecule has 1 aromatic rings. The molecule has 2 N–H and O–H groups in total. The van der Waals surface area contributed by atoms with Crippen LogP contribution in [0.1, 0.15) is 18.9 Å². The number of rotatable bonds is 4. The van der Waals surface area contributed by atoms with Gasteiger partial charge in [0.1, 0.15) is 5.82 Å². The Labute approximate surface area is 98.7 Å². The fourth-order valence-corrected chi connectivity index (χ4v) is 1.71. The maximum Gasteiger partial charge on any atom is 0.185 e. The van der Waals surface area contributed by atoms with Gasteiger partial charge in [-0.15, -0.1) is 0 Å². The minimum Gasteiger partial charge on any atom is -0.399 e. The zero-order valence-corrected chi connectivity index (χ0v) is 9.89. The van der Waals surface area contributed by atoms with E-state index in [2.05, 4.69) is 0 Å². The number of halogens is 1. The molecule has 1 rings (SSSR count). The van der Waals surface area contributed by atoms with E-state index in [1.165, 1.54) is 30.8 Å². The van der Waals surface area contributed by atoms with E-state index in [1.54, 1.807) is 12.1 Å². The number of carbonyl (C=O) groups excluding carboxylic acids is 1. The number of benzene rings is 1. The molecule has 0 aliphatic carbocycles. The summed E-state index contributed by atoms with van der Waals surface area (Å²) in [5.74, 6) is 0.431. The summed E-state index contributed by atoms with van der Waals surface area (Å²) in [7, 11) is 0. The molecule has 0 atom stereocenters. The Balaban J connectivity index is 2.49. The quantitative estimate of drug-likeness (QED) is 0.648. The summed E-state index contributed by atoms with van der Waals surface area (Å²) >= 11 is 1.27. The second kappa shape index (κ2) is 6.33. The molecule has 2 nitrogen and oxygen atoms in total. The standard InChI is InChI=1S/C12H14FNOS/c1-9(15)16-7-3-2-4-10-8-11(14)5-6-12(10)13/h2,4-6,8H,3,7,14H2,1H3. The van der Waals surface area contributed by atoms with E-state index < -0.39 is 0 Å². The Kier molecular flexibility index (Phi) is 5.05. The highest BCUT2D eigenvalue weighted by Gasteiger charge is 1.98. The van der Waals surface area contributed by atoms with Crippen LogP contribution in [0.15, 0.2) is 24.3 Å². The number of carbonyl (C=O) groups is 1. The first-order chi connectivity index (χ1) is 7.59. The fourth-order valence-electron chi connectivity index (χ4n) is 1.17. The van der Waals surface area contributed by atoms with Crippen molar-refractivity contribution in [2.24, 2.45) is 0 Å². The van der Waals surface area contributed by atoms with E-state index in [0.717, 1.165) is 12.2 Å². The third-order valence-electron chi connectivity index (χ3n) is 1.91. The normalized spacial score (nSPS) is 10.9. The summed E-state index contributed by atoms with van der Waals surface area (Å²) in [6.07, 6.45) is 4.26. The van der Waals surface area contributed by atoms with Gasteiger partial charge in [0.15, 0.2) is 5.12 Å². The highest BCUT2D eigenvalue weighted by Crippen LogP contribution is 2.14. The van der Waals surface area contributed by atoms with Gasteiger partial charge in [-0.25, -0.2) is 4.39 Å². The number of allylic oxidation sites excluding steroid dienone is 1. The maximum absolute atomic E-state index is 13.2.